The summed E-state index contributed by atoms with van der Waals surface area (Å²) in [5.74, 6) is 1.07. The number of halogens is 1. The van der Waals surface area contributed by atoms with Crippen molar-refractivity contribution in [3.05, 3.63) is 0 Å². The summed E-state index contributed by atoms with van der Waals surface area (Å²) in [7, 11) is 1.91. The number of ether oxygens (including phenoxy) is 2. The molecule has 1 unspecified atom stereocenters. The topological polar surface area (TPSA) is 46.1 Å². The van der Waals surface area contributed by atoms with Crippen molar-refractivity contribution in [3.8, 4) is 0 Å². The van der Waals surface area contributed by atoms with Gasteiger partial charge < -0.3 is 19.7 Å². The summed E-state index contributed by atoms with van der Waals surface area (Å²) in [6.07, 6.45) is 9.51. The summed E-state index contributed by atoms with van der Waals surface area (Å²) in [4.78, 5) is 7.05. The molecule has 3 saturated heterocycles. The lowest BCUT2D eigenvalue weighted by Gasteiger charge is -2.46. The van der Waals surface area contributed by atoms with Gasteiger partial charge in [-0.15, -0.1) is 24.0 Å². The summed E-state index contributed by atoms with van der Waals surface area (Å²) < 4.78 is 11.7. The molecule has 3 fully saturated rings. The van der Waals surface area contributed by atoms with Crippen molar-refractivity contribution in [1.29, 1.82) is 0 Å². The van der Waals surface area contributed by atoms with Crippen LogP contribution in [0.5, 0.6) is 0 Å². The minimum Gasteiger partial charge on any atom is -0.381 e. The van der Waals surface area contributed by atoms with Crippen molar-refractivity contribution in [2.24, 2.45) is 10.4 Å². The molecule has 0 radical (unpaired) electrons. The Morgan fingerprint density at radius 1 is 1.12 bits per heavy atom. The van der Waals surface area contributed by atoms with Crippen LogP contribution in [0.4, 0.5) is 0 Å². The lowest BCUT2D eigenvalue weighted by molar-refractivity contribution is -0.0370. The lowest BCUT2D eigenvalue weighted by Crippen LogP contribution is -2.55. The molecule has 0 aromatic carbocycles. The van der Waals surface area contributed by atoms with Crippen molar-refractivity contribution in [1.82, 2.24) is 10.2 Å². The molecule has 3 aliphatic heterocycles. The molecule has 3 rings (SSSR count). The second-order valence-corrected chi connectivity index (χ2v) is 8.86. The Bertz CT molecular complexity index is 433. The predicted octanol–water partition coefficient (Wildman–Crippen LogP) is 2.98. The maximum atomic E-state index is 5.81. The van der Waals surface area contributed by atoms with E-state index in [4.69, 9.17) is 9.47 Å². The molecule has 3 aliphatic rings. The Morgan fingerprint density at radius 2 is 1.88 bits per heavy atom. The van der Waals surface area contributed by atoms with Crippen molar-refractivity contribution >= 4 is 41.7 Å². The number of aliphatic imine (C=N–C) groups is 1. The number of thioether (sulfide) groups is 1. The SMILES string of the molecule is CN=C(NCC1(SC)CCOCC1)N1CCCC2(CCCOC2)C1.I. The van der Waals surface area contributed by atoms with E-state index in [0.29, 0.717) is 5.41 Å². The van der Waals surface area contributed by atoms with Gasteiger partial charge in [-0.25, -0.2) is 0 Å². The molecule has 0 bridgehead atoms. The molecular formula is C18H34IN3O2S. The van der Waals surface area contributed by atoms with Gasteiger partial charge in [0.1, 0.15) is 0 Å². The molecule has 0 amide bonds. The van der Waals surface area contributed by atoms with Crippen LogP contribution in [0.25, 0.3) is 0 Å². The molecule has 1 atom stereocenters. The minimum absolute atomic E-state index is 0. The fourth-order valence-electron chi connectivity index (χ4n) is 4.39. The smallest absolute Gasteiger partial charge is 0.193 e. The molecule has 3 heterocycles. The highest BCUT2D eigenvalue weighted by Crippen LogP contribution is 2.38. The molecule has 0 aliphatic carbocycles. The van der Waals surface area contributed by atoms with Crippen LogP contribution in [0.1, 0.15) is 38.5 Å². The van der Waals surface area contributed by atoms with E-state index in [1.54, 1.807) is 0 Å². The van der Waals surface area contributed by atoms with Gasteiger partial charge in [-0.2, -0.15) is 11.8 Å². The van der Waals surface area contributed by atoms with Gasteiger partial charge >= 0.3 is 0 Å². The third-order valence-electron chi connectivity index (χ3n) is 5.98. The van der Waals surface area contributed by atoms with Crippen molar-refractivity contribution in [2.45, 2.75) is 43.3 Å². The van der Waals surface area contributed by atoms with Crippen LogP contribution in [0, 0.1) is 5.41 Å². The third kappa shape index (κ3) is 5.39. The van der Waals surface area contributed by atoms with Gasteiger partial charge in [-0.3, -0.25) is 4.99 Å². The zero-order valence-corrected chi connectivity index (χ0v) is 18.9. The summed E-state index contributed by atoms with van der Waals surface area (Å²) >= 11 is 1.98. The Hall–Kier alpha value is 0.270. The molecule has 1 N–H and O–H groups in total. The van der Waals surface area contributed by atoms with Gasteiger partial charge in [-0.05, 0) is 44.8 Å². The standard InChI is InChI=1S/C18H33N3O2S.HI/c1-19-16(20-13-18(24-2)7-11-22-12-8-18)21-9-3-5-17(14-21)6-4-10-23-15-17;/h3-15H2,1-2H3,(H,19,20);1H. The van der Waals surface area contributed by atoms with Gasteiger partial charge in [0.2, 0.25) is 0 Å². The van der Waals surface area contributed by atoms with E-state index >= 15 is 0 Å². The molecule has 0 aromatic heterocycles. The molecule has 7 heteroatoms. The monoisotopic (exact) mass is 483 g/mol. The molecule has 1 spiro atoms. The fourth-order valence-corrected chi connectivity index (χ4v) is 5.18. The van der Waals surface area contributed by atoms with E-state index in [1.807, 2.05) is 18.8 Å². The van der Waals surface area contributed by atoms with Crippen molar-refractivity contribution in [2.75, 3.05) is 59.4 Å². The van der Waals surface area contributed by atoms with Gasteiger partial charge in [0.05, 0.1) is 6.61 Å². The third-order valence-corrected chi connectivity index (χ3v) is 7.40. The van der Waals surface area contributed by atoms with Gasteiger partial charge in [0.25, 0.3) is 0 Å². The summed E-state index contributed by atoms with van der Waals surface area (Å²) in [5.41, 5.74) is 0.351. The summed E-state index contributed by atoms with van der Waals surface area (Å²) in [5, 5.41) is 3.68. The molecule has 0 saturated carbocycles. The maximum Gasteiger partial charge on any atom is 0.193 e. The van der Waals surface area contributed by atoms with Gasteiger partial charge in [-0.1, -0.05) is 0 Å². The highest BCUT2D eigenvalue weighted by molar-refractivity contribution is 14.0. The molecule has 146 valence electrons. The first-order chi connectivity index (χ1) is 11.7. The minimum atomic E-state index is 0. The Balaban J connectivity index is 0.00000225. The first-order valence-electron chi connectivity index (χ1n) is 9.37. The maximum absolute atomic E-state index is 5.81. The highest BCUT2D eigenvalue weighted by Gasteiger charge is 2.39. The number of guanidine groups is 1. The molecule has 5 nitrogen and oxygen atoms in total. The number of likely N-dealkylation sites (tertiary alicyclic amines) is 1. The average Bonchev–Trinajstić information content (AvgIpc) is 2.64. The number of hydrogen-bond acceptors (Lipinski definition) is 4. The largest absolute Gasteiger partial charge is 0.381 e. The average molecular weight is 483 g/mol. The lowest BCUT2D eigenvalue weighted by atomic mass is 9.76. The van der Waals surface area contributed by atoms with Crippen LogP contribution in [0.3, 0.4) is 0 Å². The van der Waals surface area contributed by atoms with Crippen LogP contribution < -0.4 is 5.32 Å². The van der Waals surface area contributed by atoms with Crippen molar-refractivity contribution < 1.29 is 9.47 Å². The second-order valence-electron chi connectivity index (χ2n) is 7.58. The van der Waals surface area contributed by atoms with E-state index in [1.165, 1.54) is 25.7 Å². The predicted molar refractivity (Wildman–Crippen MR) is 116 cm³/mol. The van der Waals surface area contributed by atoms with E-state index in [-0.39, 0.29) is 28.7 Å². The number of nitrogens with one attached hydrogen (secondary N) is 1. The zero-order valence-electron chi connectivity index (χ0n) is 15.7. The van der Waals surface area contributed by atoms with Crippen LogP contribution in [0.15, 0.2) is 4.99 Å². The molecule has 25 heavy (non-hydrogen) atoms. The number of nitrogens with zero attached hydrogens (tertiary/aromatic N) is 2. The number of rotatable bonds is 3. The van der Waals surface area contributed by atoms with Crippen LogP contribution in [-0.4, -0.2) is 75.0 Å². The second kappa shape index (κ2) is 9.99. The summed E-state index contributed by atoms with van der Waals surface area (Å²) in [6, 6.07) is 0. The van der Waals surface area contributed by atoms with Crippen LogP contribution >= 0.6 is 35.7 Å². The molecular weight excluding hydrogens is 449 g/mol. The first kappa shape index (κ1) is 21.6. The Kier molecular flexibility index (Phi) is 8.62. The number of hydrogen-bond donors (Lipinski definition) is 1. The van der Waals surface area contributed by atoms with Crippen LogP contribution in [-0.2, 0) is 9.47 Å². The van der Waals surface area contributed by atoms with E-state index in [9.17, 15) is 0 Å². The van der Waals surface area contributed by atoms with Gasteiger partial charge in [0, 0.05) is 56.7 Å². The van der Waals surface area contributed by atoms with E-state index in [2.05, 4.69) is 21.5 Å². The Labute approximate surface area is 174 Å². The highest BCUT2D eigenvalue weighted by atomic mass is 127. The fraction of sp³-hybridized carbons (Fsp3) is 0.944. The normalized spacial score (nSPS) is 30.0. The summed E-state index contributed by atoms with van der Waals surface area (Å²) in [6.45, 7) is 6.79. The van der Waals surface area contributed by atoms with Crippen molar-refractivity contribution in [3.63, 3.8) is 0 Å². The Morgan fingerprint density at radius 3 is 2.52 bits per heavy atom. The van der Waals surface area contributed by atoms with E-state index in [0.717, 1.165) is 64.9 Å². The van der Waals surface area contributed by atoms with Gasteiger partial charge in [0.15, 0.2) is 5.96 Å². The van der Waals surface area contributed by atoms with Crippen LogP contribution in [0.2, 0.25) is 0 Å². The quantitative estimate of drug-likeness (QED) is 0.380. The van der Waals surface area contributed by atoms with E-state index < -0.39 is 0 Å². The first-order valence-corrected chi connectivity index (χ1v) is 10.6. The molecule has 0 aromatic rings. The zero-order chi connectivity index (χ0) is 16.9. The number of piperidine rings is 1.